The van der Waals surface area contributed by atoms with Crippen LogP contribution in [-0.2, 0) is 4.74 Å². The van der Waals surface area contributed by atoms with Crippen molar-refractivity contribution in [2.45, 2.75) is 116 Å². The molecule has 0 saturated carbocycles. The number of aromatic nitrogens is 1. The molecule has 5 heteroatoms. The van der Waals surface area contributed by atoms with Crippen LogP contribution < -0.4 is 4.74 Å². The van der Waals surface area contributed by atoms with Crippen molar-refractivity contribution in [3.63, 3.8) is 0 Å². The number of thiazole rings is 1. The van der Waals surface area contributed by atoms with E-state index in [1.165, 1.54) is 108 Å². The Balaban J connectivity index is 1.74. The lowest BCUT2D eigenvalue weighted by Crippen LogP contribution is -2.27. The Morgan fingerprint density at radius 1 is 0.828 bits per heavy atom. The summed E-state index contributed by atoms with van der Waals surface area (Å²) < 4.78 is 11.2. The second kappa shape index (κ2) is 20.6. The summed E-state index contributed by atoms with van der Waals surface area (Å²) in [5.74, 6) is 0. The van der Waals surface area contributed by atoms with Gasteiger partial charge in [-0.25, -0.2) is 4.98 Å². The van der Waals surface area contributed by atoms with Crippen LogP contribution in [0.3, 0.4) is 0 Å². The number of hydrogen-bond acceptors (Lipinski definition) is 5. The Labute approximate surface area is 183 Å². The van der Waals surface area contributed by atoms with E-state index in [0.717, 1.165) is 13.0 Å². The van der Waals surface area contributed by atoms with Crippen LogP contribution in [-0.4, -0.2) is 36.0 Å². The van der Waals surface area contributed by atoms with Crippen molar-refractivity contribution in [1.29, 1.82) is 0 Å². The van der Waals surface area contributed by atoms with Crippen LogP contribution in [0.25, 0.3) is 0 Å². The smallest absolute Gasteiger partial charge is 0.273 e. The minimum atomic E-state index is -0.317. The van der Waals surface area contributed by atoms with Gasteiger partial charge in [0, 0.05) is 18.2 Å². The van der Waals surface area contributed by atoms with Gasteiger partial charge in [-0.2, -0.15) is 0 Å². The molecular weight excluding hydrogens is 382 g/mol. The highest BCUT2D eigenvalue weighted by molar-refractivity contribution is 7.11. The second-order valence-corrected chi connectivity index (χ2v) is 8.96. The van der Waals surface area contributed by atoms with Gasteiger partial charge < -0.3 is 14.6 Å². The molecule has 0 bridgehead atoms. The van der Waals surface area contributed by atoms with Crippen molar-refractivity contribution in [2.24, 2.45) is 0 Å². The average molecular weight is 428 g/mol. The third-order valence-electron chi connectivity index (χ3n) is 5.33. The molecule has 0 aliphatic carbocycles. The van der Waals surface area contributed by atoms with Crippen molar-refractivity contribution in [3.8, 4) is 5.19 Å². The molecule has 1 aromatic rings. The monoisotopic (exact) mass is 427 g/mol. The maximum absolute atomic E-state index is 9.34. The topological polar surface area (TPSA) is 51.6 Å². The van der Waals surface area contributed by atoms with E-state index in [4.69, 9.17) is 9.47 Å². The molecule has 1 unspecified atom stereocenters. The van der Waals surface area contributed by atoms with Crippen LogP contribution in [0.2, 0.25) is 0 Å². The molecule has 1 atom stereocenters. The molecule has 0 fully saturated rings. The van der Waals surface area contributed by atoms with Crippen LogP contribution in [0.4, 0.5) is 0 Å². The van der Waals surface area contributed by atoms with Gasteiger partial charge in [0.1, 0.15) is 6.10 Å². The molecule has 0 saturated heterocycles. The fourth-order valence-corrected chi connectivity index (χ4v) is 4.05. The Hall–Kier alpha value is -0.650. The zero-order valence-corrected chi connectivity index (χ0v) is 19.6. The lowest BCUT2D eigenvalue weighted by Gasteiger charge is -2.14. The maximum Gasteiger partial charge on any atom is 0.273 e. The molecule has 1 heterocycles. The number of unbranched alkanes of at least 4 members (excludes halogenated alkanes) is 15. The summed E-state index contributed by atoms with van der Waals surface area (Å²) in [5.41, 5.74) is 0. The lowest BCUT2D eigenvalue weighted by atomic mass is 10.0. The van der Waals surface area contributed by atoms with Gasteiger partial charge in [-0.1, -0.05) is 115 Å². The van der Waals surface area contributed by atoms with Gasteiger partial charge >= 0.3 is 0 Å². The van der Waals surface area contributed by atoms with Crippen LogP contribution in [0, 0.1) is 0 Å². The molecule has 0 radical (unpaired) electrons. The minimum Gasteiger partial charge on any atom is -0.462 e. The molecule has 4 nitrogen and oxygen atoms in total. The first-order valence-electron chi connectivity index (χ1n) is 12.1. The number of rotatable bonds is 22. The minimum absolute atomic E-state index is 0.0431. The molecule has 170 valence electrons. The van der Waals surface area contributed by atoms with E-state index in [0.29, 0.717) is 11.8 Å². The predicted molar refractivity (Wildman–Crippen MR) is 124 cm³/mol. The van der Waals surface area contributed by atoms with E-state index < -0.39 is 0 Å². The van der Waals surface area contributed by atoms with Crippen molar-refractivity contribution in [3.05, 3.63) is 11.6 Å². The third kappa shape index (κ3) is 16.8. The molecule has 0 spiro atoms. The molecule has 1 aromatic heterocycles. The van der Waals surface area contributed by atoms with Gasteiger partial charge in [-0.15, -0.1) is 0 Å². The highest BCUT2D eigenvalue weighted by Crippen LogP contribution is 2.16. The highest BCUT2D eigenvalue weighted by Gasteiger charge is 2.10. The van der Waals surface area contributed by atoms with E-state index in [-0.39, 0.29) is 12.7 Å². The number of nitrogens with zero attached hydrogens (tertiary/aromatic N) is 1. The first-order chi connectivity index (χ1) is 14.4. The molecule has 0 amide bonds. The largest absolute Gasteiger partial charge is 0.462 e. The fourth-order valence-electron chi connectivity index (χ4n) is 3.50. The molecule has 1 N–H and O–H groups in total. The number of hydrogen-bond donors (Lipinski definition) is 1. The van der Waals surface area contributed by atoms with Gasteiger partial charge in [0.15, 0.2) is 0 Å². The molecule has 0 aliphatic rings. The number of ether oxygens (including phenoxy) is 2. The van der Waals surface area contributed by atoms with Gasteiger partial charge in [0.05, 0.1) is 13.2 Å². The quantitative estimate of drug-likeness (QED) is 0.199. The molecular formula is C24H45NO3S. The fraction of sp³-hybridized carbons (Fsp3) is 0.875. The molecule has 29 heavy (non-hydrogen) atoms. The summed E-state index contributed by atoms with van der Waals surface area (Å²) in [7, 11) is 0. The average Bonchev–Trinajstić information content (AvgIpc) is 3.25. The second-order valence-electron chi connectivity index (χ2n) is 8.10. The molecule has 0 aromatic carbocycles. The summed E-state index contributed by atoms with van der Waals surface area (Å²) in [5, 5.41) is 11.8. The lowest BCUT2D eigenvalue weighted by molar-refractivity contribution is 0.0188. The van der Waals surface area contributed by atoms with Crippen molar-refractivity contribution < 1.29 is 14.6 Å². The third-order valence-corrected chi connectivity index (χ3v) is 5.99. The Morgan fingerprint density at radius 3 is 1.79 bits per heavy atom. The number of aliphatic hydroxyl groups excluding tert-OH is 1. The van der Waals surface area contributed by atoms with Crippen LogP contribution in [0.1, 0.15) is 110 Å². The van der Waals surface area contributed by atoms with Crippen LogP contribution >= 0.6 is 11.3 Å². The van der Waals surface area contributed by atoms with Crippen molar-refractivity contribution in [2.75, 3.05) is 19.8 Å². The molecule has 1 rings (SSSR count). The van der Waals surface area contributed by atoms with Crippen molar-refractivity contribution >= 4 is 11.3 Å². The summed E-state index contributed by atoms with van der Waals surface area (Å²) in [4.78, 5) is 4.06. The summed E-state index contributed by atoms with van der Waals surface area (Å²) in [6.07, 6.45) is 23.4. The van der Waals surface area contributed by atoms with Gasteiger partial charge in [-0.05, 0) is 6.42 Å². The van der Waals surface area contributed by atoms with E-state index >= 15 is 0 Å². The van der Waals surface area contributed by atoms with E-state index in [2.05, 4.69) is 11.9 Å². The SMILES string of the molecule is CCCCCCCCCCCCCCCCCCOCC(CO)Oc1nccs1. The van der Waals surface area contributed by atoms with E-state index in [1.54, 1.807) is 6.20 Å². The molecule has 0 aliphatic heterocycles. The zero-order valence-electron chi connectivity index (χ0n) is 18.8. The van der Waals surface area contributed by atoms with Gasteiger partial charge in [0.2, 0.25) is 0 Å². The summed E-state index contributed by atoms with van der Waals surface area (Å²) in [6.45, 7) is 3.41. The number of aliphatic hydroxyl groups is 1. The summed E-state index contributed by atoms with van der Waals surface area (Å²) in [6, 6.07) is 0. The van der Waals surface area contributed by atoms with E-state index in [9.17, 15) is 5.11 Å². The summed E-state index contributed by atoms with van der Waals surface area (Å²) >= 11 is 1.43. The Morgan fingerprint density at radius 2 is 1.34 bits per heavy atom. The Kier molecular flexibility index (Phi) is 18.8. The zero-order chi connectivity index (χ0) is 20.8. The normalized spacial score (nSPS) is 12.3. The standard InChI is InChI=1S/C24H45NO3S/c1-2-3-4-5-6-7-8-9-10-11-12-13-14-15-16-17-19-27-22-23(21-26)28-24-25-18-20-29-24/h18,20,23,26H,2-17,19,21-22H2,1H3. The Bertz CT molecular complexity index is 428. The van der Waals surface area contributed by atoms with Crippen LogP contribution in [0.15, 0.2) is 11.6 Å². The van der Waals surface area contributed by atoms with Crippen LogP contribution in [0.5, 0.6) is 5.19 Å². The first kappa shape index (κ1) is 26.4. The predicted octanol–water partition coefficient (Wildman–Crippen LogP) is 7.16. The van der Waals surface area contributed by atoms with Gasteiger partial charge in [0.25, 0.3) is 5.19 Å². The van der Waals surface area contributed by atoms with Crippen molar-refractivity contribution in [1.82, 2.24) is 4.98 Å². The van der Waals surface area contributed by atoms with Gasteiger partial charge in [-0.3, -0.25) is 0 Å². The first-order valence-corrected chi connectivity index (χ1v) is 13.0. The highest BCUT2D eigenvalue weighted by atomic mass is 32.1. The van der Waals surface area contributed by atoms with E-state index in [1.807, 2.05) is 5.38 Å². The maximum atomic E-state index is 9.34.